The van der Waals surface area contributed by atoms with Crippen LogP contribution in [0, 0.1) is 5.95 Å². The van der Waals surface area contributed by atoms with Crippen molar-refractivity contribution in [3.8, 4) is 0 Å². The SMILES string of the molecule is O=C(OCC1CCCCO1)c1ccnc(F)c1. The van der Waals surface area contributed by atoms with Gasteiger partial charge in [-0.05, 0) is 25.3 Å². The Bertz CT molecular complexity index is 391. The minimum absolute atomic E-state index is 0.0283. The highest BCUT2D eigenvalue weighted by molar-refractivity contribution is 5.89. The molecule has 4 nitrogen and oxygen atoms in total. The standard InChI is InChI=1S/C12H14FNO3/c13-11-7-9(4-5-14-11)12(15)17-8-10-3-1-2-6-16-10/h4-5,7,10H,1-3,6,8H2. The van der Waals surface area contributed by atoms with Gasteiger partial charge >= 0.3 is 5.97 Å². The van der Waals surface area contributed by atoms with Crippen molar-refractivity contribution in [1.82, 2.24) is 4.98 Å². The van der Waals surface area contributed by atoms with Gasteiger partial charge in [0.1, 0.15) is 6.61 Å². The topological polar surface area (TPSA) is 48.4 Å². The fourth-order valence-electron chi connectivity index (χ4n) is 1.72. The van der Waals surface area contributed by atoms with E-state index in [1.165, 1.54) is 12.3 Å². The predicted molar refractivity (Wildman–Crippen MR) is 58.1 cm³/mol. The summed E-state index contributed by atoms with van der Waals surface area (Å²) in [7, 11) is 0. The van der Waals surface area contributed by atoms with Crippen LogP contribution in [-0.2, 0) is 9.47 Å². The lowest BCUT2D eigenvalue weighted by molar-refractivity contribution is -0.0300. The molecule has 0 N–H and O–H groups in total. The molecule has 1 fully saturated rings. The minimum atomic E-state index is -0.687. The lowest BCUT2D eigenvalue weighted by Gasteiger charge is -2.22. The maximum atomic E-state index is 12.8. The Morgan fingerprint density at radius 2 is 2.47 bits per heavy atom. The highest BCUT2D eigenvalue weighted by atomic mass is 19.1. The Morgan fingerprint density at radius 1 is 1.59 bits per heavy atom. The first kappa shape index (κ1) is 12.0. The smallest absolute Gasteiger partial charge is 0.338 e. The van der Waals surface area contributed by atoms with E-state index in [1.54, 1.807) is 0 Å². The molecule has 0 bridgehead atoms. The summed E-state index contributed by atoms with van der Waals surface area (Å²) in [5, 5.41) is 0. The van der Waals surface area contributed by atoms with Gasteiger partial charge in [0.2, 0.25) is 5.95 Å². The van der Waals surface area contributed by atoms with E-state index >= 15 is 0 Å². The number of aromatic nitrogens is 1. The number of pyridine rings is 1. The van der Waals surface area contributed by atoms with E-state index in [-0.39, 0.29) is 18.3 Å². The molecule has 1 aromatic rings. The number of esters is 1. The van der Waals surface area contributed by atoms with E-state index in [4.69, 9.17) is 9.47 Å². The summed E-state index contributed by atoms with van der Waals surface area (Å²) in [5.41, 5.74) is 0.174. The molecule has 0 aliphatic carbocycles. The van der Waals surface area contributed by atoms with Crippen molar-refractivity contribution in [2.45, 2.75) is 25.4 Å². The maximum absolute atomic E-state index is 12.8. The zero-order valence-corrected chi connectivity index (χ0v) is 9.39. The van der Waals surface area contributed by atoms with Gasteiger partial charge in [0, 0.05) is 18.9 Å². The molecule has 0 radical (unpaired) electrons. The van der Waals surface area contributed by atoms with Crippen LogP contribution < -0.4 is 0 Å². The molecule has 5 heteroatoms. The molecule has 0 spiro atoms. The van der Waals surface area contributed by atoms with Crippen LogP contribution in [-0.4, -0.2) is 30.3 Å². The van der Waals surface area contributed by atoms with Gasteiger partial charge in [0.25, 0.3) is 0 Å². The lowest BCUT2D eigenvalue weighted by atomic mass is 10.1. The zero-order chi connectivity index (χ0) is 12.1. The van der Waals surface area contributed by atoms with E-state index in [2.05, 4.69) is 4.98 Å². The van der Waals surface area contributed by atoms with Crippen LogP contribution in [0.2, 0.25) is 0 Å². The Balaban J connectivity index is 1.84. The molecule has 1 aromatic heterocycles. The molecular formula is C12H14FNO3. The zero-order valence-electron chi connectivity index (χ0n) is 9.39. The van der Waals surface area contributed by atoms with E-state index in [1.807, 2.05) is 0 Å². The number of halogens is 1. The molecule has 2 heterocycles. The van der Waals surface area contributed by atoms with Crippen molar-refractivity contribution in [2.24, 2.45) is 0 Å². The minimum Gasteiger partial charge on any atom is -0.459 e. The van der Waals surface area contributed by atoms with Crippen molar-refractivity contribution >= 4 is 5.97 Å². The van der Waals surface area contributed by atoms with Crippen LogP contribution in [0.3, 0.4) is 0 Å². The molecule has 1 saturated heterocycles. The normalized spacial score (nSPS) is 19.9. The quantitative estimate of drug-likeness (QED) is 0.597. The van der Waals surface area contributed by atoms with Gasteiger partial charge in [-0.1, -0.05) is 0 Å². The van der Waals surface area contributed by atoms with Crippen LogP contribution in [0.4, 0.5) is 4.39 Å². The molecule has 0 amide bonds. The predicted octanol–water partition coefficient (Wildman–Crippen LogP) is 1.95. The molecule has 0 aromatic carbocycles. The van der Waals surface area contributed by atoms with Gasteiger partial charge in [0.05, 0.1) is 11.7 Å². The molecule has 1 unspecified atom stereocenters. The third-order valence-electron chi connectivity index (χ3n) is 2.64. The molecule has 17 heavy (non-hydrogen) atoms. The molecule has 92 valence electrons. The summed E-state index contributed by atoms with van der Waals surface area (Å²) >= 11 is 0. The summed E-state index contributed by atoms with van der Waals surface area (Å²) in [4.78, 5) is 14.9. The first-order valence-electron chi connectivity index (χ1n) is 5.66. The Hall–Kier alpha value is -1.49. The summed E-state index contributed by atoms with van der Waals surface area (Å²) in [6.45, 7) is 0.939. The summed E-state index contributed by atoms with van der Waals surface area (Å²) < 4.78 is 23.3. The average Bonchev–Trinajstić information content (AvgIpc) is 2.37. The van der Waals surface area contributed by atoms with Gasteiger partial charge in [-0.3, -0.25) is 0 Å². The lowest BCUT2D eigenvalue weighted by Crippen LogP contribution is -2.26. The Morgan fingerprint density at radius 3 is 3.18 bits per heavy atom. The van der Waals surface area contributed by atoms with Crippen LogP contribution >= 0.6 is 0 Å². The van der Waals surface area contributed by atoms with Crippen molar-refractivity contribution in [3.05, 3.63) is 29.8 Å². The number of hydrogen-bond acceptors (Lipinski definition) is 4. The van der Waals surface area contributed by atoms with Crippen molar-refractivity contribution in [1.29, 1.82) is 0 Å². The second-order valence-electron chi connectivity index (χ2n) is 3.95. The first-order chi connectivity index (χ1) is 8.25. The maximum Gasteiger partial charge on any atom is 0.338 e. The summed E-state index contributed by atoms with van der Waals surface area (Å²) in [6, 6.07) is 2.48. The second kappa shape index (κ2) is 5.72. The van der Waals surface area contributed by atoms with Gasteiger partial charge in [-0.15, -0.1) is 0 Å². The monoisotopic (exact) mass is 239 g/mol. The van der Waals surface area contributed by atoms with Gasteiger partial charge < -0.3 is 9.47 Å². The Kier molecular flexibility index (Phi) is 4.03. The fourth-order valence-corrected chi connectivity index (χ4v) is 1.72. The summed E-state index contributed by atoms with van der Waals surface area (Å²) in [6.07, 6.45) is 4.26. The molecule has 1 aliphatic heterocycles. The number of nitrogens with zero attached hydrogens (tertiary/aromatic N) is 1. The second-order valence-corrected chi connectivity index (χ2v) is 3.95. The largest absolute Gasteiger partial charge is 0.459 e. The number of hydrogen-bond donors (Lipinski definition) is 0. The van der Waals surface area contributed by atoms with E-state index in [0.29, 0.717) is 6.61 Å². The van der Waals surface area contributed by atoms with Gasteiger partial charge in [-0.25, -0.2) is 9.78 Å². The van der Waals surface area contributed by atoms with Crippen molar-refractivity contribution < 1.29 is 18.7 Å². The third-order valence-corrected chi connectivity index (χ3v) is 2.64. The van der Waals surface area contributed by atoms with E-state index in [0.717, 1.165) is 25.3 Å². The number of rotatable bonds is 3. The van der Waals surface area contributed by atoms with Crippen LogP contribution in [0.15, 0.2) is 18.3 Å². The highest BCUT2D eigenvalue weighted by Gasteiger charge is 2.16. The van der Waals surface area contributed by atoms with Crippen molar-refractivity contribution in [2.75, 3.05) is 13.2 Å². The highest BCUT2D eigenvalue weighted by Crippen LogP contribution is 2.13. The van der Waals surface area contributed by atoms with E-state index in [9.17, 15) is 9.18 Å². The van der Waals surface area contributed by atoms with E-state index < -0.39 is 11.9 Å². The molecule has 1 atom stereocenters. The Labute approximate surface area is 98.8 Å². The van der Waals surface area contributed by atoms with Crippen molar-refractivity contribution in [3.63, 3.8) is 0 Å². The summed E-state index contributed by atoms with van der Waals surface area (Å²) in [5.74, 6) is -1.23. The molecule has 1 aliphatic rings. The number of ether oxygens (including phenoxy) is 2. The molecule has 2 rings (SSSR count). The molecule has 0 saturated carbocycles. The van der Waals surface area contributed by atoms with Gasteiger partial charge in [-0.2, -0.15) is 4.39 Å². The number of carbonyl (C=O) groups excluding carboxylic acids is 1. The number of carbonyl (C=O) groups is 1. The first-order valence-corrected chi connectivity index (χ1v) is 5.66. The van der Waals surface area contributed by atoms with Gasteiger partial charge in [0.15, 0.2) is 0 Å². The van der Waals surface area contributed by atoms with Crippen LogP contribution in [0.5, 0.6) is 0 Å². The molecular weight excluding hydrogens is 225 g/mol. The third kappa shape index (κ3) is 3.49. The average molecular weight is 239 g/mol. The van der Waals surface area contributed by atoms with Crippen LogP contribution in [0.1, 0.15) is 29.6 Å². The van der Waals surface area contributed by atoms with Crippen LogP contribution in [0.25, 0.3) is 0 Å². The fraction of sp³-hybridized carbons (Fsp3) is 0.500.